The molecule has 0 aliphatic heterocycles. The lowest BCUT2D eigenvalue weighted by Gasteiger charge is -2.00. The van der Waals surface area contributed by atoms with Crippen LogP contribution in [0.5, 0.6) is 0 Å². The SMILES string of the molecule is O=C(CBr)c1cccc(-c2nccs2)c1. The monoisotopic (exact) mass is 281 g/mol. The number of halogens is 1. The molecule has 0 fully saturated rings. The molecule has 0 aliphatic rings. The summed E-state index contributed by atoms with van der Waals surface area (Å²) in [6, 6.07) is 7.54. The van der Waals surface area contributed by atoms with Gasteiger partial charge in [-0.1, -0.05) is 34.1 Å². The van der Waals surface area contributed by atoms with Crippen LogP contribution in [-0.4, -0.2) is 16.1 Å². The van der Waals surface area contributed by atoms with Crippen LogP contribution in [0.15, 0.2) is 35.8 Å². The second-order valence-electron chi connectivity index (χ2n) is 2.97. The first-order chi connectivity index (χ1) is 7.31. The molecule has 0 radical (unpaired) electrons. The summed E-state index contributed by atoms with van der Waals surface area (Å²) in [5, 5.41) is 3.22. The van der Waals surface area contributed by atoms with Crippen LogP contribution in [0, 0.1) is 0 Å². The Labute approximate surface area is 100 Å². The number of thiazole rings is 1. The van der Waals surface area contributed by atoms with Crippen molar-refractivity contribution in [2.24, 2.45) is 0 Å². The van der Waals surface area contributed by atoms with E-state index in [4.69, 9.17) is 0 Å². The molecule has 0 aliphatic carbocycles. The molecule has 0 saturated heterocycles. The molecule has 4 heteroatoms. The first kappa shape index (κ1) is 10.5. The van der Waals surface area contributed by atoms with Crippen LogP contribution < -0.4 is 0 Å². The molecular weight excluding hydrogens is 274 g/mol. The molecule has 76 valence electrons. The second kappa shape index (κ2) is 4.68. The summed E-state index contributed by atoms with van der Waals surface area (Å²) in [4.78, 5) is 15.7. The summed E-state index contributed by atoms with van der Waals surface area (Å²) >= 11 is 4.73. The molecule has 2 rings (SSSR count). The highest BCUT2D eigenvalue weighted by Gasteiger charge is 2.06. The summed E-state index contributed by atoms with van der Waals surface area (Å²) in [7, 11) is 0. The molecule has 1 aromatic carbocycles. The lowest BCUT2D eigenvalue weighted by Crippen LogP contribution is -1.99. The third kappa shape index (κ3) is 2.33. The van der Waals surface area contributed by atoms with E-state index in [1.54, 1.807) is 17.5 Å². The van der Waals surface area contributed by atoms with Gasteiger partial charge in [0, 0.05) is 22.7 Å². The first-order valence-electron chi connectivity index (χ1n) is 4.40. The van der Waals surface area contributed by atoms with Crippen LogP contribution in [0.2, 0.25) is 0 Å². The minimum atomic E-state index is 0.0911. The summed E-state index contributed by atoms with van der Waals surface area (Å²) in [6.45, 7) is 0. The Hall–Kier alpha value is -1.00. The van der Waals surface area contributed by atoms with Gasteiger partial charge < -0.3 is 0 Å². The third-order valence-electron chi connectivity index (χ3n) is 1.99. The number of hydrogen-bond acceptors (Lipinski definition) is 3. The molecule has 0 atom stereocenters. The Morgan fingerprint density at radius 3 is 3.00 bits per heavy atom. The molecule has 2 nitrogen and oxygen atoms in total. The minimum Gasteiger partial charge on any atom is -0.293 e. The van der Waals surface area contributed by atoms with E-state index < -0.39 is 0 Å². The van der Waals surface area contributed by atoms with Gasteiger partial charge in [-0.2, -0.15) is 0 Å². The molecule has 1 aromatic heterocycles. The summed E-state index contributed by atoms with van der Waals surface area (Å²) in [6.07, 6.45) is 1.76. The number of Topliss-reactive ketones (excluding diaryl/α,β-unsaturated/α-hetero) is 1. The fourth-order valence-electron chi connectivity index (χ4n) is 1.27. The molecule has 0 bridgehead atoms. The quantitative estimate of drug-likeness (QED) is 0.638. The zero-order chi connectivity index (χ0) is 10.7. The van der Waals surface area contributed by atoms with Gasteiger partial charge in [0.2, 0.25) is 0 Å². The standard InChI is InChI=1S/C11H8BrNOS/c12-7-10(14)8-2-1-3-9(6-8)11-13-4-5-15-11/h1-6H,7H2. The van der Waals surface area contributed by atoms with E-state index in [2.05, 4.69) is 20.9 Å². The van der Waals surface area contributed by atoms with Gasteiger partial charge in [-0.15, -0.1) is 11.3 Å². The van der Waals surface area contributed by atoms with Gasteiger partial charge in [-0.3, -0.25) is 4.79 Å². The van der Waals surface area contributed by atoms with E-state index >= 15 is 0 Å². The molecular formula is C11H8BrNOS. The van der Waals surface area contributed by atoms with Gasteiger partial charge in [0.15, 0.2) is 5.78 Å². The largest absolute Gasteiger partial charge is 0.293 e. The second-order valence-corrected chi connectivity index (χ2v) is 4.43. The Bertz CT molecular complexity index is 467. The number of nitrogens with zero attached hydrogens (tertiary/aromatic N) is 1. The lowest BCUT2D eigenvalue weighted by atomic mass is 10.1. The highest BCUT2D eigenvalue weighted by atomic mass is 79.9. The minimum absolute atomic E-state index is 0.0911. The van der Waals surface area contributed by atoms with E-state index in [1.165, 1.54) is 0 Å². The number of aromatic nitrogens is 1. The molecule has 0 N–H and O–H groups in total. The molecule has 0 saturated carbocycles. The van der Waals surface area contributed by atoms with Crippen LogP contribution in [0.25, 0.3) is 10.6 Å². The van der Waals surface area contributed by atoms with Crippen molar-refractivity contribution in [1.29, 1.82) is 0 Å². The predicted octanol–water partition coefficient (Wildman–Crippen LogP) is 3.39. The van der Waals surface area contributed by atoms with Crippen molar-refractivity contribution in [2.45, 2.75) is 0 Å². The van der Waals surface area contributed by atoms with Gasteiger partial charge in [-0.05, 0) is 6.07 Å². The zero-order valence-electron chi connectivity index (χ0n) is 7.81. The number of carbonyl (C=O) groups excluding carboxylic acids is 1. The maximum atomic E-state index is 11.5. The van der Waals surface area contributed by atoms with E-state index in [9.17, 15) is 4.79 Å². The van der Waals surface area contributed by atoms with Crippen molar-refractivity contribution >= 4 is 33.0 Å². The maximum absolute atomic E-state index is 11.5. The number of ketones is 1. The average molecular weight is 282 g/mol. The van der Waals surface area contributed by atoms with E-state index in [0.717, 1.165) is 16.1 Å². The topological polar surface area (TPSA) is 30.0 Å². The first-order valence-corrected chi connectivity index (χ1v) is 6.40. The fourth-order valence-corrected chi connectivity index (χ4v) is 2.23. The predicted molar refractivity (Wildman–Crippen MR) is 65.7 cm³/mol. The van der Waals surface area contributed by atoms with Crippen molar-refractivity contribution in [1.82, 2.24) is 4.98 Å². The number of hydrogen-bond donors (Lipinski definition) is 0. The Morgan fingerprint density at radius 2 is 2.33 bits per heavy atom. The normalized spacial score (nSPS) is 10.2. The van der Waals surface area contributed by atoms with Gasteiger partial charge >= 0.3 is 0 Å². The van der Waals surface area contributed by atoms with E-state index in [1.807, 2.05) is 29.6 Å². The summed E-state index contributed by atoms with van der Waals surface area (Å²) < 4.78 is 0. The summed E-state index contributed by atoms with van der Waals surface area (Å²) in [5.41, 5.74) is 1.72. The van der Waals surface area contributed by atoms with Crippen LogP contribution in [-0.2, 0) is 0 Å². The molecule has 0 amide bonds. The zero-order valence-corrected chi connectivity index (χ0v) is 10.2. The Morgan fingerprint density at radius 1 is 1.47 bits per heavy atom. The number of carbonyl (C=O) groups is 1. The van der Waals surface area contributed by atoms with Gasteiger partial charge in [-0.25, -0.2) is 4.98 Å². The molecule has 0 unspecified atom stereocenters. The highest BCUT2D eigenvalue weighted by Crippen LogP contribution is 2.22. The van der Waals surface area contributed by atoms with Gasteiger partial charge in [0.25, 0.3) is 0 Å². The summed E-state index contributed by atoms with van der Waals surface area (Å²) in [5.74, 6) is 0.0911. The molecule has 15 heavy (non-hydrogen) atoms. The molecule has 2 aromatic rings. The van der Waals surface area contributed by atoms with E-state index in [-0.39, 0.29) is 5.78 Å². The third-order valence-corrected chi connectivity index (χ3v) is 3.32. The highest BCUT2D eigenvalue weighted by molar-refractivity contribution is 9.09. The number of benzene rings is 1. The van der Waals surface area contributed by atoms with Crippen molar-refractivity contribution in [3.8, 4) is 10.6 Å². The van der Waals surface area contributed by atoms with Crippen LogP contribution in [0.1, 0.15) is 10.4 Å². The van der Waals surface area contributed by atoms with E-state index in [0.29, 0.717) is 5.33 Å². The smallest absolute Gasteiger partial charge is 0.173 e. The molecule has 0 spiro atoms. The lowest BCUT2D eigenvalue weighted by molar-refractivity contribution is 0.102. The van der Waals surface area contributed by atoms with Gasteiger partial charge in [0.05, 0.1) is 5.33 Å². The van der Waals surface area contributed by atoms with Crippen LogP contribution in [0.4, 0.5) is 0 Å². The van der Waals surface area contributed by atoms with Gasteiger partial charge in [0.1, 0.15) is 5.01 Å². The molecule has 1 heterocycles. The van der Waals surface area contributed by atoms with Crippen molar-refractivity contribution in [3.63, 3.8) is 0 Å². The van der Waals surface area contributed by atoms with Crippen molar-refractivity contribution in [2.75, 3.05) is 5.33 Å². The van der Waals surface area contributed by atoms with Crippen LogP contribution in [0.3, 0.4) is 0 Å². The number of alkyl halides is 1. The number of rotatable bonds is 3. The maximum Gasteiger partial charge on any atom is 0.173 e. The van der Waals surface area contributed by atoms with Crippen molar-refractivity contribution in [3.05, 3.63) is 41.4 Å². The van der Waals surface area contributed by atoms with Crippen molar-refractivity contribution < 1.29 is 4.79 Å². The average Bonchev–Trinajstić information content (AvgIpc) is 2.82. The van der Waals surface area contributed by atoms with Crippen LogP contribution >= 0.6 is 27.3 Å². The fraction of sp³-hybridized carbons (Fsp3) is 0.0909. The Kier molecular flexibility index (Phi) is 3.28. The Balaban J connectivity index is 2.39.